The lowest BCUT2D eigenvalue weighted by Gasteiger charge is -2.22. The molecule has 0 heterocycles. The fourth-order valence-corrected chi connectivity index (χ4v) is 3.18. The lowest BCUT2D eigenvalue weighted by Crippen LogP contribution is -2.25. The second-order valence-electron chi connectivity index (χ2n) is 6.39. The molecule has 0 fully saturated rings. The molecule has 8 heteroatoms. The van der Waals surface area contributed by atoms with Crippen molar-refractivity contribution in [3.8, 4) is 5.75 Å². The molecule has 0 aliphatic carbocycles. The number of halogens is 3. The highest BCUT2D eigenvalue weighted by Gasteiger charge is 2.21. The standard InChI is InChI=1S/C23H18Cl2FNO4/c1-2-30-23(29)22(28)27-16-11-12-20(19(26)13-16)31-21(14-7-9-15(24)10-8-14)17-5-3-4-6-18(17)25/h3-13,21H,2H2,1H3,(H,27,28). The summed E-state index contributed by atoms with van der Waals surface area (Å²) < 4.78 is 25.3. The van der Waals surface area contributed by atoms with Gasteiger partial charge in [0.2, 0.25) is 0 Å². The van der Waals surface area contributed by atoms with Gasteiger partial charge in [-0.05, 0) is 42.8 Å². The summed E-state index contributed by atoms with van der Waals surface area (Å²) in [4.78, 5) is 23.2. The van der Waals surface area contributed by atoms with Gasteiger partial charge in [0.25, 0.3) is 0 Å². The zero-order valence-electron chi connectivity index (χ0n) is 16.4. The molecule has 0 aliphatic rings. The first-order chi connectivity index (χ1) is 14.9. The van der Waals surface area contributed by atoms with Gasteiger partial charge in [-0.1, -0.05) is 53.5 Å². The van der Waals surface area contributed by atoms with Gasteiger partial charge in [-0.25, -0.2) is 9.18 Å². The Hall–Kier alpha value is -3.09. The van der Waals surface area contributed by atoms with Crippen LogP contribution in [-0.2, 0) is 14.3 Å². The number of hydrogen-bond donors (Lipinski definition) is 1. The van der Waals surface area contributed by atoms with Gasteiger partial charge in [0.15, 0.2) is 17.7 Å². The number of anilines is 1. The number of amides is 1. The molecule has 3 aromatic rings. The van der Waals surface area contributed by atoms with E-state index in [0.717, 1.165) is 11.6 Å². The van der Waals surface area contributed by atoms with Crippen molar-refractivity contribution >= 4 is 40.8 Å². The third-order valence-corrected chi connectivity index (χ3v) is 4.85. The van der Waals surface area contributed by atoms with Gasteiger partial charge in [0.05, 0.1) is 6.61 Å². The smallest absolute Gasteiger partial charge is 0.397 e. The third kappa shape index (κ3) is 5.75. The van der Waals surface area contributed by atoms with Crippen LogP contribution in [0.25, 0.3) is 0 Å². The van der Waals surface area contributed by atoms with E-state index in [-0.39, 0.29) is 18.0 Å². The second-order valence-corrected chi connectivity index (χ2v) is 7.23. The molecule has 0 spiro atoms. The molecule has 0 saturated heterocycles. The van der Waals surface area contributed by atoms with Crippen molar-refractivity contribution in [1.82, 2.24) is 0 Å². The minimum absolute atomic E-state index is 0.0571. The second kappa shape index (κ2) is 10.3. The van der Waals surface area contributed by atoms with E-state index in [0.29, 0.717) is 15.6 Å². The highest BCUT2D eigenvalue weighted by Crippen LogP contribution is 2.34. The van der Waals surface area contributed by atoms with Crippen LogP contribution >= 0.6 is 23.2 Å². The molecule has 0 radical (unpaired) electrons. The van der Waals surface area contributed by atoms with Crippen LogP contribution in [-0.4, -0.2) is 18.5 Å². The Morgan fingerprint density at radius 1 is 1.03 bits per heavy atom. The van der Waals surface area contributed by atoms with Crippen LogP contribution in [0.2, 0.25) is 10.0 Å². The molecule has 1 amide bonds. The Kier molecular flexibility index (Phi) is 7.50. The van der Waals surface area contributed by atoms with Crippen LogP contribution in [0.4, 0.5) is 10.1 Å². The van der Waals surface area contributed by atoms with Gasteiger partial charge in [-0.2, -0.15) is 0 Å². The van der Waals surface area contributed by atoms with Gasteiger partial charge in [0.1, 0.15) is 0 Å². The van der Waals surface area contributed by atoms with E-state index in [4.69, 9.17) is 27.9 Å². The Labute approximate surface area is 188 Å². The van der Waals surface area contributed by atoms with E-state index in [1.54, 1.807) is 55.5 Å². The summed E-state index contributed by atoms with van der Waals surface area (Å²) in [7, 11) is 0. The predicted molar refractivity (Wildman–Crippen MR) is 117 cm³/mol. The van der Waals surface area contributed by atoms with E-state index < -0.39 is 23.8 Å². The molecule has 0 bridgehead atoms. The Morgan fingerprint density at radius 3 is 2.39 bits per heavy atom. The van der Waals surface area contributed by atoms with Crippen LogP contribution in [0.1, 0.15) is 24.2 Å². The number of esters is 1. The van der Waals surface area contributed by atoms with Crippen LogP contribution in [0.5, 0.6) is 5.75 Å². The number of nitrogens with one attached hydrogen (secondary N) is 1. The van der Waals surface area contributed by atoms with Crippen LogP contribution in [0.15, 0.2) is 66.7 Å². The summed E-state index contributed by atoms with van der Waals surface area (Å²) in [6.07, 6.45) is -0.708. The van der Waals surface area contributed by atoms with E-state index in [1.165, 1.54) is 12.1 Å². The fourth-order valence-electron chi connectivity index (χ4n) is 2.82. The maximum atomic E-state index is 14.8. The topological polar surface area (TPSA) is 64.6 Å². The maximum Gasteiger partial charge on any atom is 0.397 e. The first kappa shape index (κ1) is 22.6. The number of carbonyl (C=O) groups excluding carboxylic acids is 2. The molecule has 0 aliphatic heterocycles. The normalized spacial score (nSPS) is 11.5. The lowest BCUT2D eigenvalue weighted by molar-refractivity contribution is -0.152. The molecule has 1 atom stereocenters. The molecule has 1 N–H and O–H groups in total. The summed E-state index contributed by atoms with van der Waals surface area (Å²) in [5.74, 6) is -2.84. The van der Waals surface area contributed by atoms with E-state index >= 15 is 0 Å². The van der Waals surface area contributed by atoms with E-state index in [9.17, 15) is 14.0 Å². The number of carbonyl (C=O) groups is 2. The molecule has 160 valence electrons. The van der Waals surface area contributed by atoms with Gasteiger partial charge in [-0.3, -0.25) is 4.79 Å². The number of ether oxygens (including phenoxy) is 2. The Morgan fingerprint density at radius 2 is 1.74 bits per heavy atom. The lowest BCUT2D eigenvalue weighted by atomic mass is 10.0. The van der Waals surface area contributed by atoms with Crippen molar-refractivity contribution in [2.75, 3.05) is 11.9 Å². The first-order valence-electron chi connectivity index (χ1n) is 9.33. The number of rotatable bonds is 6. The SMILES string of the molecule is CCOC(=O)C(=O)Nc1ccc(OC(c2ccc(Cl)cc2)c2ccccc2Cl)c(F)c1. The Balaban J connectivity index is 1.88. The highest BCUT2D eigenvalue weighted by atomic mass is 35.5. The van der Waals surface area contributed by atoms with Crippen molar-refractivity contribution in [3.63, 3.8) is 0 Å². The zero-order chi connectivity index (χ0) is 22.4. The summed E-state index contributed by atoms with van der Waals surface area (Å²) in [6.45, 7) is 1.63. The molecular formula is C23H18Cl2FNO4. The number of benzene rings is 3. The van der Waals surface area contributed by atoms with Crippen molar-refractivity contribution in [2.45, 2.75) is 13.0 Å². The van der Waals surface area contributed by atoms with Gasteiger partial charge in [-0.15, -0.1) is 0 Å². The number of hydrogen-bond acceptors (Lipinski definition) is 4. The first-order valence-corrected chi connectivity index (χ1v) is 10.1. The molecule has 3 rings (SSSR count). The Bertz CT molecular complexity index is 1090. The fraction of sp³-hybridized carbons (Fsp3) is 0.130. The van der Waals surface area contributed by atoms with Crippen LogP contribution < -0.4 is 10.1 Å². The molecule has 0 aromatic heterocycles. The summed E-state index contributed by atoms with van der Waals surface area (Å²) in [6, 6.07) is 17.9. The zero-order valence-corrected chi connectivity index (χ0v) is 17.9. The van der Waals surface area contributed by atoms with E-state index in [2.05, 4.69) is 10.1 Å². The average molecular weight is 462 g/mol. The summed E-state index contributed by atoms with van der Waals surface area (Å²) >= 11 is 12.3. The largest absolute Gasteiger partial charge is 0.478 e. The summed E-state index contributed by atoms with van der Waals surface area (Å²) in [5, 5.41) is 3.29. The molecule has 5 nitrogen and oxygen atoms in total. The van der Waals surface area contributed by atoms with Gasteiger partial charge < -0.3 is 14.8 Å². The van der Waals surface area contributed by atoms with Crippen molar-refractivity contribution < 1.29 is 23.5 Å². The van der Waals surface area contributed by atoms with Crippen molar-refractivity contribution in [3.05, 3.63) is 93.7 Å². The average Bonchev–Trinajstić information content (AvgIpc) is 2.75. The quantitative estimate of drug-likeness (QED) is 0.371. The third-order valence-electron chi connectivity index (χ3n) is 4.26. The molecule has 3 aromatic carbocycles. The molecule has 1 unspecified atom stereocenters. The monoisotopic (exact) mass is 461 g/mol. The molecule has 0 saturated carbocycles. The van der Waals surface area contributed by atoms with Gasteiger partial charge >= 0.3 is 11.9 Å². The van der Waals surface area contributed by atoms with E-state index in [1.807, 2.05) is 0 Å². The minimum Gasteiger partial charge on any atom is -0.478 e. The highest BCUT2D eigenvalue weighted by molar-refractivity contribution is 6.37. The molecular weight excluding hydrogens is 444 g/mol. The van der Waals surface area contributed by atoms with Crippen molar-refractivity contribution in [2.24, 2.45) is 0 Å². The minimum atomic E-state index is -1.05. The van der Waals surface area contributed by atoms with Crippen LogP contribution in [0, 0.1) is 5.82 Å². The maximum absolute atomic E-state index is 14.8. The van der Waals surface area contributed by atoms with Gasteiger partial charge in [0, 0.05) is 27.4 Å². The predicted octanol–water partition coefficient (Wildman–Crippen LogP) is 5.80. The van der Waals surface area contributed by atoms with Crippen molar-refractivity contribution in [1.29, 1.82) is 0 Å². The van der Waals surface area contributed by atoms with Crippen LogP contribution in [0.3, 0.4) is 0 Å². The summed E-state index contributed by atoms with van der Waals surface area (Å²) in [5.41, 5.74) is 1.45. The molecule has 31 heavy (non-hydrogen) atoms.